The van der Waals surface area contributed by atoms with Crippen molar-refractivity contribution in [1.29, 1.82) is 0 Å². The number of fused-ring (bicyclic) bond motifs is 3. The molecule has 4 rings (SSSR count). The molecule has 1 aliphatic rings. The smallest absolute Gasteiger partial charge is 0.244 e. The van der Waals surface area contributed by atoms with E-state index < -0.39 is 0 Å². The number of carbonyl (C=O) groups excluding carboxylic acids is 1. The first-order valence-electron chi connectivity index (χ1n) is 9.78. The Morgan fingerprint density at radius 1 is 1.18 bits per heavy atom. The van der Waals surface area contributed by atoms with Crippen LogP contribution in [0.15, 0.2) is 53.0 Å². The molecule has 4 nitrogen and oxygen atoms in total. The van der Waals surface area contributed by atoms with Crippen LogP contribution >= 0.6 is 0 Å². The van der Waals surface area contributed by atoms with Gasteiger partial charge >= 0.3 is 0 Å². The van der Waals surface area contributed by atoms with E-state index in [0.29, 0.717) is 6.54 Å². The van der Waals surface area contributed by atoms with Crippen LogP contribution in [0.4, 0.5) is 0 Å². The van der Waals surface area contributed by atoms with E-state index in [1.54, 1.807) is 13.2 Å². The third kappa shape index (κ3) is 3.68. The minimum absolute atomic E-state index is 0.113. The average molecular weight is 375 g/mol. The van der Waals surface area contributed by atoms with Gasteiger partial charge in [0.1, 0.15) is 17.1 Å². The Morgan fingerprint density at radius 3 is 2.75 bits per heavy atom. The summed E-state index contributed by atoms with van der Waals surface area (Å²) in [5.41, 5.74) is 5.06. The summed E-state index contributed by atoms with van der Waals surface area (Å²) < 4.78 is 11.6. The zero-order chi connectivity index (χ0) is 19.5. The van der Waals surface area contributed by atoms with Crippen molar-refractivity contribution in [2.24, 2.45) is 0 Å². The topological polar surface area (TPSA) is 51.5 Å². The minimum Gasteiger partial charge on any atom is -0.496 e. The first kappa shape index (κ1) is 18.4. The third-order valence-electron chi connectivity index (χ3n) is 5.36. The molecule has 28 heavy (non-hydrogen) atoms. The quantitative estimate of drug-likeness (QED) is 0.636. The number of allylic oxidation sites excluding steroid dienone is 1. The summed E-state index contributed by atoms with van der Waals surface area (Å²) in [5, 5.41) is 4.09. The predicted octanol–water partition coefficient (Wildman–Crippen LogP) is 5.04. The highest BCUT2D eigenvalue weighted by atomic mass is 16.5. The molecule has 0 aliphatic heterocycles. The highest BCUT2D eigenvalue weighted by molar-refractivity contribution is 5.97. The van der Waals surface area contributed by atoms with Gasteiger partial charge in [0, 0.05) is 41.6 Å². The summed E-state index contributed by atoms with van der Waals surface area (Å²) in [6, 6.07) is 13.9. The lowest BCUT2D eigenvalue weighted by atomic mass is 9.94. The van der Waals surface area contributed by atoms with Crippen molar-refractivity contribution in [3.63, 3.8) is 0 Å². The van der Waals surface area contributed by atoms with Gasteiger partial charge in [0.05, 0.1) is 7.11 Å². The van der Waals surface area contributed by atoms with Crippen LogP contribution in [0.5, 0.6) is 5.75 Å². The van der Waals surface area contributed by atoms with Crippen molar-refractivity contribution < 1.29 is 13.9 Å². The first-order valence-corrected chi connectivity index (χ1v) is 9.78. The number of amides is 1. The second-order valence-electron chi connectivity index (χ2n) is 7.29. The Bertz CT molecular complexity index is 1030. The number of aryl methyl sites for hydroxylation is 2. The van der Waals surface area contributed by atoms with Gasteiger partial charge in [-0.05, 0) is 43.4 Å². The van der Waals surface area contributed by atoms with Crippen molar-refractivity contribution in [2.45, 2.75) is 39.2 Å². The van der Waals surface area contributed by atoms with Gasteiger partial charge in [0.2, 0.25) is 5.91 Å². The molecule has 0 saturated heterocycles. The zero-order valence-corrected chi connectivity index (χ0v) is 16.4. The van der Waals surface area contributed by atoms with Crippen LogP contribution in [0.3, 0.4) is 0 Å². The summed E-state index contributed by atoms with van der Waals surface area (Å²) in [5.74, 6) is 1.71. The van der Waals surface area contributed by atoms with Crippen LogP contribution in [0.1, 0.15) is 42.2 Å². The molecule has 0 spiro atoms. The molecule has 0 saturated carbocycles. The zero-order valence-electron chi connectivity index (χ0n) is 16.4. The number of methoxy groups -OCH3 is 1. The van der Waals surface area contributed by atoms with Crippen molar-refractivity contribution >= 4 is 22.4 Å². The maximum absolute atomic E-state index is 12.4. The van der Waals surface area contributed by atoms with E-state index in [1.165, 1.54) is 18.4 Å². The fourth-order valence-electron chi connectivity index (χ4n) is 3.88. The molecule has 0 bridgehead atoms. The molecule has 1 amide bonds. The SMILES string of the molecule is COc1cc2oc3c(c2cc1/C(C)=C/C(=O)NCc1ccccc1)CCCC3. The number of nitrogens with one attached hydrogen (secondary N) is 1. The molecule has 1 aliphatic carbocycles. The minimum atomic E-state index is -0.113. The lowest BCUT2D eigenvalue weighted by Gasteiger charge is -2.11. The maximum atomic E-state index is 12.4. The van der Waals surface area contributed by atoms with Crippen LogP contribution in [0, 0.1) is 0 Å². The summed E-state index contributed by atoms with van der Waals surface area (Å²) >= 11 is 0. The monoisotopic (exact) mass is 375 g/mol. The average Bonchev–Trinajstić information content (AvgIpc) is 3.09. The molecule has 0 fully saturated rings. The highest BCUT2D eigenvalue weighted by Gasteiger charge is 2.20. The number of hydrogen-bond donors (Lipinski definition) is 1. The number of benzene rings is 2. The van der Waals surface area contributed by atoms with E-state index in [9.17, 15) is 4.79 Å². The fraction of sp³-hybridized carbons (Fsp3) is 0.292. The molecule has 0 radical (unpaired) electrons. The van der Waals surface area contributed by atoms with Crippen molar-refractivity contribution in [3.8, 4) is 5.75 Å². The van der Waals surface area contributed by atoms with E-state index in [4.69, 9.17) is 9.15 Å². The number of hydrogen-bond acceptors (Lipinski definition) is 3. The van der Waals surface area contributed by atoms with Crippen LogP contribution < -0.4 is 10.1 Å². The van der Waals surface area contributed by atoms with Crippen LogP contribution in [0.2, 0.25) is 0 Å². The molecule has 144 valence electrons. The van der Waals surface area contributed by atoms with E-state index >= 15 is 0 Å². The molecule has 1 aromatic heterocycles. The first-order chi connectivity index (χ1) is 13.7. The Morgan fingerprint density at radius 2 is 1.96 bits per heavy atom. The molecule has 2 aromatic carbocycles. The number of ether oxygens (including phenoxy) is 1. The second kappa shape index (κ2) is 7.93. The van der Waals surface area contributed by atoms with Crippen molar-refractivity contribution in [3.05, 3.63) is 71.0 Å². The summed E-state index contributed by atoms with van der Waals surface area (Å²) in [4.78, 5) is 12.4. The molecule has 0 unspecified atom stereocenters. The van der Waals surface area contributed by atoms with E-state index in [-0.39, 0.29) is 5.91 Å². The van der Waals surface area contributed by atoms with Crippen LogP contribution in [-0.2, 0) is 24.2 Å². The van der Waals surface area contributed by atoms with Gasteiger partial charge < -0.3 is 14.5 Å². The molecule has 1 N–H and O–H groups in total. The predicted molar refractivity (Wildman–Crippen MR) is 111 cm³/mol. The van der Waals surface area contributed by atoms with Gasteiger partial charge in [-0.25, -0.2) is 0 Å². The van der Waals surface area contributed by atoms with Crippen LogP contribution in [0.25, 0.3) is 16.5 Å². The van der Waals surface area contributed by atoms with Gasteiger partial charge in [0.15, 0.2) is 0 Å². The van der Waals surface area contributed by atoms with Gasteiger partial charge in [-0.3, -0.25) is 4.79 Å². The standard InChI is InChI=1S/C24H25NO3/c1-16(12-24(26)25-15-17-8-4-3-5-9-17)19-13-20-18-10-6-7-11-21(18)28-23(20)14-22(19)27-2/h3-5,8-9,12-14H,6-7,10-11,15H2,1-2H3,(H,25,26)/b16-12+. The van der Waals surface area contributed by atoms with Gasteiger partial charge in [-0.2, -0.15) is 0 Å². The second-order valence-corrected chi connectivity index (χ2v) is 7.29. The molecule has 3 aromatic rings. The maximum Gasteiger partial charge on any atom is 0.244 e. The van der Waals surface area contributed by atoms with E-state index in [0.717, 1.165) is 52.0 Å². The summed E-state index contributed by atoms with van der Waals surface area (Å²) in [6.07, 6.45) is 6.06. The number of rotatable bonds is 5. The van der Waals surface area contributed by atoms with Crippen LogP contribution in [-0.4, -0.2) is 13.0 Å². The van der Waals surface area contributed by atoms with E-state index in [1.807, 2.05) is 43.3 Å². The Labute approximate surface area is 165 Å². The lowest BCUT2D eigenvalue weighted by molar-refractivity contribution is -0.116. The highest BCUT2D eigenvalue weighted by Crippen LogP contribution is 2.37. The fourth-order valence-corrected chi connectivity index (χ4v) is 3.88. The molecular weight excluding hydrogens is 350 g/mol. The largest absolute Gasteiger partial charge is 0.496 e. The number of carbonyl (C=O) groups is 1. The molecule has 1 heterocycles. The molecule has 4 heteroatoms. The van der Waals surface area contributed by atoms with E-state index in [2.05, 4.69) is 11.4 Å². The normalized spacial score (nSPS) is 14.0. The van der Waals surface area contributed by atoms with Crippen molar-refractivity contribution in [2.75, 3.05) is 7.11 Å². The molecule has 0 atom stereocenters. The lowest BCUT2D eigenvalue weighted by Crippen LogP contribution is -2.20. The third-order valence-corrected chi connectivity index (χ3v) is 5.36. The van der Waals surface area contributed by atoms with Crippen molar-refractivity contribution in [1.82, 2.24) is 5.32 Å². The Kier molecular flexibility index (Phi) is 5.20. The van der Waals surface area contributed by atoms with Gasteiger partial charge in [-0.1, -0.05) is 30.3 Å². The van der Waals surface area contributed by atoms with Gasteiger partial charge in [0.25, 0.3) is 0 Å². The Hall–Kier alpha value is -3.01. The van der Waals surface area contributed by atoms with Gasteiger partial charge in [-0.15, -0.1) is 0 Å². The Balaban J connectivity index is 1.61. The number of furan rings is 1. The summed E-state index contributed by atoms with van der Waals surface area (Å²) in [7, 11) is 1.65. The molecular formula is C24H25NO3. The summed E-state index contributed by atoms with van der Waals surface area (Å²) in [6.45, 7) is 2.45.